The van der Waals surface area contributed by atoms with Crippen LogP contribution in [0.1, 0.15) is 41.2 Å². The first-order chi connectivity index (χ1) is 16.7. The monoisotopic (exact) mass is 463 g/mol. The van der Waals surface area contributed by atoms with Crippen molar-refractivity contribution in [2.24, 2.45) is 5.92 Å². The standard InChI is InChI=1S/C25H29N5O4/c1-32-19-4-5-20-22(8-12-34-23(20)13-19)29-24-21(3-2-9-26-24)25(31)28-18-14-27-30(16-18)15-17-6-10-33-11-7-17/h2-5,9,13-14,16-17,22H,6-8,10-12,15H2,1H3,(H,26,29)(H,28,31). The van der Waals surface area contributed by atoms with Gasteiger partial charge in [0.15, 0.2) is 0 Å². The van der Waals surface area contributed by atoms with Crippen molar-refractivity contribution in [3.63, 3.8) is 0 Å². The van der Waals surface area contributed by atoms with Crippen LogP contribution >= 0.6 is 0 Å². The minimum atomic E-state index is -0.233. The molecule has 4 heterocycles. The van der Waals surface area contributed by atoms with Gasteiger partial charge in [0, 0.05) is 50.2 Å². The largest absolute Gasteiger partial charge is 0.497 e. The first-order valence-corrected chi connectivity index (χ1v) is 11.6. The highest BCUT2D eigenvalue weighted by Crippen LogP contribution is 2.37. The molecule has 1 saturated heterocycles. The van der Waals surface area contributed by atoms with Crippen molar-refractivity contribution in [2.45, 2.75) is 31.8 Å². The molecule has 9 heteroatoms. The van der Waals surface area contributed by atoms with Gasteiger partial charge in [-0.15, -0.1) is 0 Å². The molecule has 1 unspecified atom stereocenters. The van der Waals surface area contributed by atoms with Gasteiger partial charge in [0.25, 0.3) is 5.91 Å². The zero-order valence-electron chi connectivity index (χ0n) is 19.2. The van der Waals surface area contributed by atoms with Gasteiger partial charge in [-0.2, -0.15) is 5.10 Å². The SMILES string of the molecule is COc1ccc2c(c1)OCCC2Nc1ncccc1C(=O)Nc1cnn(CC2CCOCC2)c1. The fourth-order valence-electron chi connectivity index (χ4n) is 4.44. The number of rotatable bonds is 7. The zero-order chi connectivity index (χ0) is 23.3. The number of amides is 1. The number of nitrogens with one attached hydrogen (secondary N) is 2. The Labute approximate surface area is 198 Å². The number of carbonyl (C=O) groups is 1. The lowest BCUT2D eigenvalue weighted by atomic mass is 10.00. The van der Waals surface area contributed by atoms with E-state index in [1.807, 2.05) is 29.1 Å². The van der Waals surface area contributed by atoms with E-state index in [9.17, 15) is 4.79 Å². The number of hydrogen-bond donors (Lipinski definition) is 2. The van der Waals surface area contributed by atoms with Crippen LogP contribution < -0.4 is 20.1 Å². The van der Waals surface area contributed by atoms with Crippen molar-refractivity contribution in [1.29, 1.82) is 0 Å². The van der Waals surface area contributed by atoms with Crippen LogP contribution in [-0.4, -0.2) is 47.6 Å². The summed E-state index contributed by atoms with van der Waals surface area (Å²) in [6.07, 6.45) is 8.07. The average molecular weight is 464 g/mol. The summed E-state index contributed by atoms with van der Waals surface area (Å²) in [6, 6.07) is 9.28. The maximum Gasteiger partial charge on any atom is 0.259 e. The quantitative estimate of drug-likeness (QED) is 0.548. The first kappa shape index (κ1) is 22.2. The highest BCUT2D eigenvalue weighted by molar-refractivity contribution is 6.07. The number of pyridine rings is 1. The van der Waals surface area contributed by atoms with E-state index in [1.54, 1.807) is 31.6 Å². The number of anilines is 2. The maximum absolute atomic E-state index is 13.1. The third kappa shape index (κ3) is 4.99. The number of fused-ring (bicyclic) bond motifs is 1. The molecule has 2 aromatic heterocycles. The molecule has 9 nitrogen and oxygen atoms in total. The summed E-state index contributed by atoms with van der Waals surface area (Å²) in [5.41, 5.74) is 2.15. The van der Waals surface area contributed by atoms with Crippen molar-refractivity contribution >= 4 is 17.4 Å². The second-order valence-corrected chi connectivity index (χ2v) is 8.60. The van der Waals surface area contributed by atoms with Crippen molar-refractivity contribution in [2.75, 3.05) is 37.6 Å². The fourth-order valence-corrected chi connectivity index (χ4v) is 4.44. The number of aromatic nitrogens is 3. The minimum Gasteiger partial charge on any atom is -0.497 e. The molecule has 0 saturated carbocycles. The van der Waals surface area contributed by atoms with E-state index in [4.69, 9.17) is 14.2 Å². The molecule has 1 atom stereocenters. The Hall–Kier alpha value is -3.59. The average Bonchev–Trinajstić information content (AvgIpc) is 3.31. The molecule has 0 radical (unpaired) electrons. The van der Waals surface area contributed by atoms with Crippen LogP contribution in [0.4, 0.5) is 11.5 Å². The smallest absolute Gasteiger partial charge is 0.259 e. The molecule has 5 rings (SSSR count). The molecule has 2 N–H and O–H groups in total. The number of carbonyl (C=O) groups excluding carboxylic acids is 1. The summed E-state index contributed by atoms with van der Waals surface area (Å²) in [7, 11) is 1.63. The number of nitrogens with zero attached hydrogens (tertiary/aromatic N) is 3. The van der Waals surface area contributed by atoms with E-state index in [-0.39, 0.29) is 11.9 Å². The number of hydrogen-bond acceptors (Lipinski definition) is 7. The first-order valence-electron chi connectivity index (χ1n) is 11.6. The van der Waals surface area contributed by atoms with E-state index in [0.717, 1.165) is 56.1 Å². The number of methoxy groups -OCH3 is 1. The third-order valence-electron chi connectivity index (χ3n) is 6.30. The van der Waals surface area contributed by atoms with Crippen molar-refractivity contribution in [3.8, 4) is 11.5 Å². The van der Waals surface area contributed by atoms with E-state index in [2.05, 4.69) is 20.7 Å². The second kappa shape index (κ2) is 10.1. The summed E-state index contributed by atoms with van der Waals surface area (Å²) >= 11 is 0. The maximum atomic E-state index is 13.1. The Bertz CT molecular complexity index is 1140. The van der Waals surface area contributed by atoms with Crippen LogP contribution in [-0.2, 0) is 11.3 Å². The van der Waals surface area contributed by atoms with Crippen LogP contribution in [0.3, 0.4) is 0 Å². The van der Waals surface area contributed by atoms with Crippen molar-refractivity contribution in [1.82, 2.24) is 14.8 Å². The summed E-state index contributed by atoms with van der Waals surface area (Å²) in [4.78, 5) is 17.6. The summed E-state index contributed by atoms with van der Waals surface area (Å²) in [5.74, 6) is 2.37. The Morgan fingerprint density at radius 3 is 2.94 bits per heavy atom. The summed E-state index contributed by atoms with van der Waals surface area (Å²) in [5, 5.41) is 10.8. The van der Waals surface area contributed by atoms with E-state index < -0.39 is 0 Å². The van der Waals surface area contributed by atoms with Crippen LogP contribution in [0.25, 0.3) is 0 Å². The van der Waals surface area contributed by atoms with Gasteiger partial charge in [-0.1, -0.05) is 0 Å². The van der Waals surface area contributed by atoms with Gasteiger partial charge in [0.1, 0.15) is 17.3 Å². The van der Waals surface area contributed by atoms with Gasteiger partial charge in [0.05, 0.1) is 37.2 Å². The zero-order valence-corrected chi connectivity index (χ0v) is 19.2. The molecule has 0 aliphatic carbocycles. The predicted molar refractivity (Wildman–Crippen MR) is 127 cm³/mol. The summed E-state index contributed by atoms with van der Waals surface area (Å²) < 4.78 is 18.4. The van der Waals surface area contributed by atoms with Gasteiger partial charge in [0.2, 0.25) is 0 Å². The topological polar surface area (TPSA) is 99.5 Å². The fraction of sp³-hybridized carbons (Fsp3) is 0.400. The van der Waals surface area contributed by atoms with Gasteiger partial charge in [-0.05, 0) is 43.0 Å². The second-order valence-electron chi connectivity index (χ2n) is 8.60. The molecule has 0 spiro atoms. The van der Waals surface area contributed by atoms with E-state index in [1.165, 1.54) is 0 Å². The van der Waals surface area contributed by atoms with Crippen LogP contribution in [0, 0.1) is 5.92 Å². The van der Waals surface area contributed by atoms with Crippen molar-refractivity contribution in [3.05, 3.63) is 60.0 Å². The molecular formula is C25H29N5O4. The Kier molecular flexibility index (Phi) is 6.62. The molecule has 1 amide bonds. The Morgan fingerprint density at radius 2 is 2.09 bits per heavy atom. The molecule has 3 aromatic rings. The Balaban J connectivity index is 1.28. The van der Waals surface area contributed by atoms with Crippen LogP contribution in [0.5, 0.6) is 11.5 Å². The minimum absolute atomic E-state index is 0.0293. The summed E-state index contributed by atoms with van der Waals surface area (Å²) in [6.45, 7) is 3.00. The van der Waals surface area contributed by atoms with Gasteiger partial charge >= 0.3 is 0 Å². The lowest BCUT2D eigenvalue weighted by molar-refractivity contribution is 0.0601. The molecule has 1 fully saturated rings. The van der Waals surface area contributed by atoms with Gasteiger partial charge < -0.3 is 24.8 Å². The highest BCUT2D eigenvalue weighted by Gasteiger charge is 2.24. The highest BCUT2D eigenvalue weighted by atomic mass is 16.5. The molecule has 178 valence electrons. The van der Waals surface area contributed by atoms with E-state index in [0.29, 0.717) is 29.6 Å². The van der Waals surface area contributed by atoms with Gasteiger partial charge in [-0.3, -0.25) is 9.48 Å². The van der Waals surface area contributed by atoms with Gasteiger partial charge in [-0.25, -0.2) is 4.98 Å². The number of benzene rings is 1. The lowest BCUT2D eigenvalue weighted by Gasteiger charge is -2.28. The van der Waals surface area contributed by atoms with E-state index >= 15 is 0 Å². The number of ether oxygens (including phenoxy) is 3. The van der Waals surface area contributed by atoms with Crippen LogP contribution in [0.15, 0.2) is 48.9 Å². The Morgan fingerprint density at radius 1 is 1.21 bits per heavy atom. The predicted octanol–water partition coefficient (Wildman–Crippen LogP) is 3.90. The molecule has 34 heavy (non-hydrogen) atoms. The lowest BCUT2D eigenvalue weighted by Crippen LogP contribution is -2.23. The van der Waals surface area contributed by atoms with Crippen LogP contribution in [0.2, 0.25) is 0 Å². The molecule has 1 aromatic carbocycles. The third-order valence-corrected chi connectivity index (χ3v) is 6.30. The molecule has 2 aliphatic heterocycles. The molecule has 2 aliphatic rings. The molecule has 0 bridgehead atoms. The normalized spacial score (nSPS) is 18.0. The van der Waals surface area contributed by atoms with Crippen molar-refractivity contribution < 1.29 is 19.0 Å². The molecular weight excluding hydrogens is 434 g/mol.